The van der Waals surface area contributed by atoms with E-state index >= 15 is 0 Å². The van der Waals surface area contributed by atoms with Crippen molar-refractivity contribution >= 4 is 34.2 Å². The third-order valence-electron chi connectivity index (χ3n) is 2.81. The summed E-state index contributed by atoms with van der Waals surface area (Å²) in [5.41, 5.74) is 1.77. The van der Waals surface area contributed by atoms with Crippen LogP contribution in [0.2, 0.25) is 5.02 Å². The van der Waals surface area contributed by atoms with Gasteiger partial charge in [0.15, 0.2) is 0 Å². The number of para-hydroxylation sites is 1. The first-order valence-corrected chi connectivity index (χ1v) is 6.95. The molecule has 6 heteroatoms. The first kappa shape index (κ1) is 14.6. The Bertz CT molecular complexity index is 543. The standard InChI is InChI=1S/C13H16Cl2N2O2/c1-18-7-8-19-6-5-17-12(9-14)16-11-4-2-3-10(15)13(11)17/h2-4H,5-9H2,1H3. The smallest absolute Gasteiger partial charge is 0.124 e. The molecule has 19 heavy (non-hydrogen) atoms. The van der Waals surface area contributed by atoms with Gasteiger partial charge in [-0.2, -0.15) is 0 Å². The molecule has 0 N–H and O–H groups in total. The Labute approximate surface area is 122 Å². The molecule has 0 saturated carbocycles. The summed E-state index contributed by atoms with van der Waals surface area (Å²) in [4.78, 5) is 4.47. The zero-order valence-electron chi connectivity index (χ0n) is 10.7. The predicted octanol–water partition coefficient (Wildman–Crippen LogP) is 3.09. The zero-order valence-corrected chi connectivity index (χ0v) is 12.2. The van der Waals surface area contributed by atoms with Gasteiger partial charge in [-0.3, -0.25) is 0 Å². The minimum Gasteiger partial charge on any atom is -0.382 e. The molecule has 1 aromatic carbocycles. The summed E-state index contributed by atoms with van der Waals surface area (Å²) in [6, 6.07) is 5.67. The molecule has 0 aliphatic heterocycles. The zero-order chi connectivity index (χ0) is 13.7. The first-order chi connectivity index (χ1) is 9.27. The van der Waals surface area contributed by atoms with Crippen LogP contribution in [0.4, 0.5) is 0 Å². The molecule has 0 spiro atoms. The van der Waals surface area contributed by atoms with E-state index in [0.29, 0.717) is 37.3 Å². The number of rotatable bonds is 7. The number of alkyl halides is 1. The summed E-state index contributed by atoms with van der Waals surface area (Å²) in [6.07, 6.45) is 0. The lowest BCUT2D eigenvalue weighted by Gasteiger charge is -2.09. The molecule has 0 atom stereocenters. The molecule has 0 unspecified atom stereocenters. The lowest BCUT2D eigenvalue weighted by atomic mass is 10.3. The second-order valence-electron chi connectivity index (χ2n) is 4.03. The summed E-state index contributed by atoms with van der Waals surface area (Å²) >= 11 is 12.2. The number of hydrogen-bond donors (Lipinski definition) is 0. The maximum absolute atomic E-state index is 6.23. The summed E-state index contributed by atoms with van der Waals surface area (Å²) < 4.78 is 12.4. The quantitative estimate of drug-likeness (QED) is 0.582. The van der Waals surface area contributed by atoms with Crippen molar-refractivity contribution in [1.82, 2.24) is 9.55 Å². The highest BCUT2D eigenvalue weighted by atomic mass is 35.5. The molecule has 2 rings (SSSR count). The number of aromatic nitrogens is 2. The van der Waals surface area contributed by atoms with E-state index < -0.39 is 0 Å². The van der Waals surface area contributed by atoms with Gasteiger partial charge in [0.05, 0.1) is 41.8 Å². The van der Waals surface area contributed by atoms with Crippen molar-refractivity contribution < 1.29 is 9.47 Å². The number of hydrogen-bond acceptors (Lipinski definition) is 3. The van der Waals surface area contributed by atoms with Crippen LogP contribution in [0.1, 0.15) is 5.82 Å². The summed E-state index contributed by atoms with van der Waals surface area (Å²) in [6.45, 7) is 2.41. The van der Waals surface area contributed by atoms with E-state index in [2.05, 4.69) is 4.98 Å². The van der Waals surface area contributed by atoms with Crippen LogP contribution >= 0.6 is 23.2 Å². The largest absolute Gasteiger partial charge is 0.382 e. The van der Waals surface area contributed by atoms with E-state index in [1.807, 2.05) is 22.8 Å². The minimum atomic E-state index is 0.350. The Morgan fingerprint density at radius 1 is 1.26 bits per heavy atom. The minimum absolute atomic E-state index is 0.350. The molecule has 0 aliphatic carbocycles. The molecule has 1 aromatic heterocycles. The lowest BCUT2D eigenvalue weighted by molar-refractivity contribution is 0.0667. The molecule has 0 fully saturated rings. The van der Waals surface area contributed by atoms with Crippen LogP contribution in [0.25, 0.3) is 11.0 Å². The van der Waals surface area contributed by atoms with E-state index in [1.54, 1.807) is 7.11 Å². The molecule has 4 nitrogen and oxygen atoms in total. The number of benzene rings is 1. The van der Waals surface area contributed by atoms with Gasteiger partial charge in [-0.15, -0.1) is 11.6 Å². The number of nitrogens with zero attached hydrogens (tertiary/aromatic N) is 2. The van der Waals surface area contributed by atoms with E-state index in [4.69, 9.17) is 32.7 Å². The molecule has 1 heterocycles. The topological polar surface area (TPSA) is 36.3 Å². The average molecular weight is 303 g/mol. The first-order valence-electron chi connectivity index (χ1n) is 6.04. The van der Waals surface area contributed by atoms with Gasteiger partial charge in [-0.1, -0.05) is 17.7 Å². The van der Waals surface area contributed by atoms with E-state index in [1.165, 1.54) is 0 Å². The Morgan fingerprint density at radius 2 is 2.11 bits per heavy atom. The van der Waals surface area contributed by atoms with Crippen LogP contribution < -0.4 is 0 Å². The van der Waals surface area contributed by atoms with Crippen molar-refractivity contribution in [3.05, 3.63) is 29.0 Å². The molecule has 0 amide bonds. The van der Waals surface area contributed by atoms with Gasteiger partial charge >= 0.3 is 0 Å². The maximum atomic E-state index is 6.23. The number of imidazole rings is 1. The van der Waals surface area contributed by atoms with Gasteiger partial charge in [-0.25, -0.2) is 4.98 Å². The fourth-order valence-electron chi connectivity index (χ4n) is 1.93. The van der Waals surface area contributed by atoms with Crippen molar-refractivity contribution in [1.29, 1.82) is 0 Å². The third kappa shape index (κ3) is 3.39. The van der Waals surface area contributed by atoms with Crippen LogP contribution in [0.3, 0.4) is 0 Å². The second kappa shape index (κ2) is 7.10. The molecular weight excluding hydrogens is 287 g/mol. The Hall–Kier alpha value is -0.810. The van der Waals surface area contributed by atoms with E-state index in [0.717, 1.165) is 16.9 Å². The predicted molar refractivity (Wildman–Crippen MR) is 77.0 cm³/mol. The van der Waals surface area contributed by atoms with E-state index in [-0.39, 0.29) is 0 Å². The number of methoxy groups -OCH3 is 1. The highest BCUT2D eigenvalue weighted by molar-refractivity contribution is 6.35. The lowest BCUT2D eigenvalue weighted by Crippen LogP contribution is -2.11. The Balaban J connectivity index is 2.15. The van der Waals surface area contributed by atoms with Crippen LogP contribution in [-0.4, -0.2) is 36.5 Å². The van der Waals surface area contributed by atoms with Crippen molar-refractivity contribution in [2.24, 2.45) is 0 Å². The fourth-order valence-corrected chi connectivity index (χ4v) is 2.41. The van der Waals surface area contributed by atoms with Gasteiger partial charge < -0.3 is 14.0 Å². The number of fused-ring (bicyclic) bond motifs is 1. The van der Waals surface area contributed by atoms with E-state index in [9.17, 15) is 0 Å². The van der Waals surface area contributed by atoms with Gasteiger partial charge in [0.2, 0.25) is 0 Å². The molecule has 2 aromatic rings. The summed E-state index contributed by atoms with van der Waals surface area (Å²) in [5, 5.41) is 0.679. The molecule has 0 aliphatic rings. The van der Waals surface area contributed by atoms with Gasteiger partial charge in [0.1, 0.15) is 5.82 Å². The Morgan fingerprint density at radius 3 is 2.84 bits per heavy atom. The molecular formula is C13H16Cl2N2O2. The number of ether oxygens (including phenoxy) is 2. The van der Waals surface area contributed by atoms with Crippen molar-refractivity contribution in [2.75, 3.05) is 26.9 Å². The molecule has 0 radical (unpaired) electrons. The Kier molecular flexibility index (Phi) is 5.45. The van der Waals surface area contributed by atoms with Crippen LogP contribution in [0.15, 0.2) is 18.2 Å². The fraction of sp³-hybridized carbons (Fsp3) is 0.462. The van der Waals surface area contributed by atoms with Gasteiger partial charge in [0, 0.05) is 13.7 Å². The summed E-state index contributed by atoms with van der Waals surface area (Å²) in [7, 11) is 1.65. The van der Waals surface area contributed by atoms with Crippen LogP contribution in [0, 0.1) is 0 Å². The maximum Gasteiger partial charge on any atom is 0.124 e. The van der Waals surface area contributed by atoms with Crippen molar-refractivity contribution in [2.45, 2.75) is 12.4 Å². The van der Waals surface area contributed by atoms with Gasteiger partial charge in [0.25, 0.3) is 0 Å². The average Bonchev–Trinajstić information content (AvgIpc) is 2.78. The van der Waals surface area contributed by atoms with Crippen LogP contribution in [0.5, 0.6) is 0 Å². The SMILES string of the molecule is COCCOCCn1c(CCl)nc2cccc(Cl)c21. The van der Waals surface area contributed by atoms with Gasteiger partial charge in [-0.05, 0) is 12.1 Å². The number of halogens is 2. The molecule has 0 bridgehead atoms. The normalized spacial score (nSPS) is 11.3. The highest BCUT2D eigenvalue weighted by Gasteiger charge is 2.12. The molecule has 104 valence electrons. The van der Waals surface area contributed by atoms with Crippen molar-refractivity contribution in [3.63, 3.8) is 0 Å². The monoisotopic (exact) mass is 302 g/mol. The summed E-state index contributed by atoms with van der Waals surface area (Å²) in [5.74, 6) is 1.16. The molecule has 0 saturated heterocycles. The third-order valence-corrected chi connectivity index (χ3v) is 3.35. The second-order valence-corrected chi connectivity index (χ2v) is 4.70. The van der Waals surface area contributed by atoms with Crippen LogP contribution in [-0.2, 0) is 21.9 Å². The van der Waals surface area contributed by atoms with Crippen molar-refractivity contribution in [3.8, 4) is 0 Å². The highest BCUT2D eigenvalue weighted by Crippen LogP contribution is 2.25.